The molecule has 1 atom stereocenters. The van der Waals surface area contributed by atoms with Crippen molar-refractivity contribution in [1.82, 2.24) is 5.32 Å². The highest BCUT2D eigenvalue weighted by atomic mass is 32.2. The molecular weight excluding hydrogens is 626 g/mol. The van der Waals surface area contributed by atoms with E-state index in [1.165, 1.54) is 37.5 Å². The zero-order valence-electron chi connectivity index (χ0n) is 24.4. The molecule has 4 aromatic carbocycles. The summed E-state index contributed by atoms with van der Waals surface area (Å²) < 4.78 is 60.8. The monoisotopic (exact) mass is 653 g/mol. The lowest BCUT2D eigenvalue weighted by Crippen LogP contribution is -2.30. The van der Waals surface area contributed by atoms with Crippen LogP contribution in [0.4, 0.5) is 28.9 Å². The second-order valence-electron chi connectivity index (χ2n) is 9.63. The first kappa shape index (κ1) is 33.6. The average Bonchev–Trinajstić information content (AvgIpc) is 3.05. The Bertz CT molecular complexity index is 1780. The Hall–Kier alpha value is -5.30. The van der Waals surface area contributed by atoms with Crippen LogP contribution in [0.3, 0.4) is 0 Å². The molecule has 13 heteroatoms. The molecule has 8 nitrogen and oxygen atoms in total. The maximum absolute atomic E-state index is 14.1. The number of benzene rings is 4. The minimum atomic E-state index is -1.73. The van der Waals surface area contributed by atoms with E-state index >= 15 is 0 Å². The molecule has 1 unspecified atom stereocenters. The largest absolute Gasteiger partial charge is 0.508 e. The van der Waals surface area contributed by atoms with Gasteiger partial charge in [-0.2, -0.15) is 0 Å². The van der Waals surface area contributed by atoms with Crippen molar-refractivity contribution in [3.05, 3.63) is 119 Å². The number of rotatable bonds is 11. The third-order valence-corrected chi connectivity index (χ3v) is 7.80. The number of hydrogen-bond donors (Lipinski definition) is 4. The number of methoxy groups -OCH3 is 1. The van der Waals surface area contributed by atoms with Crippen molar-refractivity contribution in [1.29, 1.82) is 0 Å². The van der Waals surface area contributed by atoms with E-state index in [1.54, 1.807) is 55.5 Å². The molecule has 46 heavy (non-hydrogen) atoms. The van der Waals surface area contributed by atoms with Gasteiger partial charge in [-0.05, 0) is 55.0 Å². The zero-order chi connectivity index (χ0) is 33.4. The molecule has 0 aliphatic rings. The molecule has 0 spiro atoms. The van der Waals surface area contributed by atoms with Crippen LogP contribution in [0, 0.1) is 23.3 Å². The number of aromatic hydroxyl groups is 1. The number of amides is 3. The highest BCUT2D eigenvalue weighted by Crippen LogP contribution is 2.31. The van der Waals surface area contributed by atoms with E-state index in [0.717, 1.165) is 11.8 Å². The number of anilines is 2. The predicted molar refractivity (Wildman–Crippen MR) is 166 cm³/mol. The van der Waals surface area contributed by atoms with Crippen molar-refractivity contribution >= 4 is 46.9 Å². The highest BCUT2D eigenvalue weighted by Gasteiger charge is 2.25. The summed E-state index contributed by atoms with van der Waals surface area (Å²) in [6.45, 7) is 1.63. The molecule has 0 aliphatic carbocycles. The Morgan fingerprint density at radius 3 is 2.24 bits per heavy atom. The van der Waals surface area contributed by atoms with Gasteiger partial charge >= 0.3 is 0 Å². The van der Waals surface area contributed by atoms with E-state index < -0.39 is 51.9 Å². The van der Waals surface area contributed by atoms with E-state index in [1.807, 2.05) is 5.32 Å². The summed E-state index contributed by atoms with van der Waals surface area (Å²) in [5.74, 6) is -8.79. The van der Waals surface area contributed by atoms with Gasteiger partial charge < -0.3 is 25.8 Å². The second-order valence-corrected chi connectivity index (χ2v) is 10.9. The molecular formula is C33H27F4N3O5S. The minimum Gasteiger partial charge on any atom is -0.508 e. The Kier molecular flexibility index (Phi) is 11.0. The number of nitrogens with one attached hydrogen (secondary N) is 3. The lowest BCUT2D eigenvalue weighted by atomic mass is 10.1. The lowest BCUT2D eigenvalue weighted by Gasteiger charge is -2.17. The first-order chi connectivity index (χ1) is 22.0. The van der Waals surface area contributed by atoms with Crippen LogP contribution in [0.15, 0.2) is 89.5 Å². The number of phenolic OH excluding ortho intramolecular Hbond substituents is 1. The summed E-state index contributed by atoms with van der Waals surface area (Å²) in [7, 11) is 1.38. The number of ether oxygens (including phenoxy) is 1. The molecule has 4 N–H and O–H groups in total. The SMILES string of the molecule is CCC(Sc1cccc(NC(=O)/C(=C\c2ccc(O)cc2OC)NC(=O)c2ccccc2)c1)C(=O)Nc1c(F)c(F)cc(F)c1F. The van der Waals surface area contributed by atoms with Crippen LogP contribution in [0.5, 0.6) is 11.5 Å². The van der Waals surface area contributed by atoms with Gasteiger partial charge in [0, 0.05) is 33.8 Å². The molecule has 0 aliphatic heterocycles. The fourth-order valence-corrected chi connectivity index (χ4v) is 5.15. The number of carbonyl (C=O) groups excluding carboxylic acids is 3. The molecule has 0 saturated heterocycles. The molecule has 4 rings (SSSR count). The topological polar surface area (TPSA) is 117 Å². The quantitative estimate of drug-likeness (QED) is 0.0608. The van der Waals surface area contributed by atoms with Crippen LogP contribution in [0.2, 0.25) is 0 Å². The maximum atomic E-state index is 14.1. The second kappa shape index (κ2) is 15.1. The van der Waals surface area contributed by atoms with Crippen LogP contribution in [-0.4, -0.2) is 35.2 Å². The summed E-state index contributed by atoms with van der Waals surface area (Å²) in [5, 5.41) is 16.1. The van der Waals surface area contributed by atoms with Crippen LogP contribution in [-0.2, 0) is 9.59 Å². The summed E-state index contributed by atoms with van der Waals surface area (Å²) >= 11 is 0.982. The van der Waals surface area contributed by atoms with Gasteiger partial charge in [0.1, 0.15) is 22.9 Å². The number of hydrogen-bond acceptors (Lipinski definition) is 6. The van der Waals surface area contributed by atoms with Crippen LogP contribution in [0.1, 0.15) is 29.3 Å². The third-order valence-electron chi connectivity index (χ3n) is 6.44. The molecule has 3 amide bonds. The molecule has 0 fully saturated rings. The molecule has 0 heterocycles. The number of phenols is 1. The van der Waals surface area contributed by atoms with E-state index in [9.17, 15) is 37.1 Å². The molecule has 0 radical (unpaired) electrons. The van der Waals surface area contributed by atoms with Gasteiger partial charge in [0.25, 0.3) is 11.8 Å². The molecule has 4 aromatic rings. The van der Waals surface area contributed by atoms with Gasteiger partial charge in [0.05, 0.1) is 12.4 Å². The van der Waals surface area contributed by atoms with Crippen LogP contribution in [0.25, 0.3) is 6.08 Å². The number of thioether (sulfide) groups is 1. The Balaban J connectivity index is 1.56. The van der Waals surface area contributed by atoms with Gasteiger partial charge in [0.2, 0.25) is 5.91 Å². The van der Waals surface area contributed by atoms with E-state index in [0.29, 0.717) is 16.0 Å². The summed E-state index contributed by atoms with van der Waals surface area (Å²) in [6, 6.07) is 18.8. The first-order valence-corrected chi connectivity index (χ1v) is 14.6. The molecule has 0 aromatic heterocycles. The summed E-state index contributed by atoms with van der Waals surface area (Å²) in [6.07, 6.45) is 1.54. The van der Waals surface area contributed by atoms with Crippen LogP contribution < -0.4 is 20.7 Å². The standard InChI is InChI=1S/C33H27F4N3O5S/c1-3-27(33(44)40-30-28(36)23(34)17-24(35)29(30)37)46-22-11-7-10-20(15-22)38-32(43)25(39-31(42)18-8-5-4-6-9-18)14-19-12-13-21(41)16-26(19)45-2/h4-17,27,41H,3H2,1-2H3,(H,38,43)(H,39,42)(H,40,44)/b25-14+. The van der Waals surface area contributed by atoms with Crippen molar-refractivity contribution in [2.45, 2.75) is 23.5 Å². The number of carbonyl (C=O) groups is 3. The van der Waals surface area contributed by atoms with Crippen LogP contribution >= 0.6 is 11.8 Å². The highest BCUT2D eigenvalue weighted by molar-refractivity contribution is 8.00. The Morgan fingerprint density at radius 2 is 1.59 bits per heavy atom. The molecule has 0 bridgehead atoms. The zero-order valence-corrected chi connectivity index (χ0v) is 25.2. The fraction of sp³-hybridized carbons (Fsp3) is 0.121. The van der Waals surface area contributed by atoms with Crippen molar-refractivity contribution in [2.24, 2.45) is 0 Å². The van der Waals surface area contributed by atoms with E-state index in [4.69, 9.17) is 4.74 Å². The normalized spacial score (nSPS) is 11.8. The molecule has 0 saturated carbocycles. The van der Waals surface area contributed by atoms with E-state index in [2.05, 4.69) is 10.6 Å². The van der Waals surface area contributed by atoms with Crippen molar-refractivity contribution < 1.29 is 41.8 Å². The van der Waals surface area contributed by atoms with Gasteiger partial charge in [-0.25, -0.2) is 17.6 Å². The van der Waals surface area contributed by atoms with E-state index in [-0.39, 0.29) is 35.4 Å². The van der Waals surface area contributed by atoms with Crippen molar-refractivity contribution in [3.8, 4) is 11.5 Å². The summed E-state index contributed by atoms with van der Waals surface area (Å²) in [4.78, 5) is 39.7. The first-order valence-electron chi connectivity index (χ1n) is 13.7. The average molecular weight is 654 g/mol. The predicted octanol–water partition coefficient (Wildman–Crippen LogP) is 6.88. The lowest BCUT2D eigenvalue weighted by molar-refractivity contribution is -0.116. The third kappa shape index (κ3) is 8.24. The van der Waals surface area contributed by atoms with Gasteiger partial charge in [-0.15, -0.1) is 11.8 Å². The van der Waals surface area contributed by atoms with Gasteiger partial charge in [-0.3, -0.25) is 14.4 Å². The smallest absolute Gasteiger partial charge is 0.272 e. The van der Waals surface area contributed by atoms with Crippen molar-refractivity contribution in [3.63, 3.8) is 0 Å². The fourth-order valence-electron chi connectivity index (χ4n) is 4.14. The number of halogens is 4. The summed E-state index contributed by atoms with van der Waals surface area (Å²) in [5.41, 5.74) is -0.447. The van der Waals surface area contributed by atoms with Crippen molar-refractivity contribution in [2.75, 3.05) is 17.7 Å². The van der Waals surface area contributed by atoms with Gasteiger partial charge in [-0.1, -0.05) is 31.2 Å². The maximum Gasteiger partial charge on any atom is 0.272 e. The minimum absolute atomic E-state index is 0.0427. The molecule has 238 valence electrons. The Morgan fingerprint density at radius 1 is 0.891 bits per heavy atom. The van der Waals surface area contributed by atoms with Gasteiger partial charge in [0.15, 0.2) is 23.3 Å². The Labute approximate surface area is 265 Å².